The molecular formula is C26H23N5O6S. The molecule has 0 radical (unpaired) electrons. The van der Waals surface area contributed by atoms with Crippen LogP contribution in [0.25, 0.3) is 0 Å². The van der Waals surface area contributed by atoms with E-state index in [2.05, 4.69) is 15.5 Å². The van der Waals surface area contributed by atoms with Crippen molar-refractivity contribution in [2.75, 3.05) is 12.4 Å². The topological polar surface area (TPSA) is 138 Å². The van der Waals surface area contributed by atoms with Crippen LogP contribution in [0.1, 0.15) is 27.6 Å². The lowest BCUT2D eigenvalue weighted by molar-refractivity contribution is -0.387. The number of methoxy groups -OCH3 is 1. The van der Waals surface area contributed by atoms with Crippen molar-refractivity contribution in [2.24, 2.45) is 7.05 Å². The van der Waals surface area contributed by atoms with E-state index in [1.54, 1.807) is 54.1 Å². The zero-order chi connectivity index (χ0) is 27.2. The molecule has 1 atom stereocenters. The molecule has 1 amide bonds. The number of aromatic nitrogens is 3. The number of aryl methyl sites for hydroxylation is 2. The van der Waals surface area contributed by atoms with Crippen molar-refractivity contribution in [2.45, 2.75) is 23.1 Å². The zero-order valence-electron chi connectivity index (χ0n) is 20.7. The molecule has 0 fully saturated rings. The number of carbonyl (C=O) groups is 2. The molecule has 1 N–H and O–H groups in total. The number of hydrogen-bond acceptors (Lipinski definition) is 9. The highest BCUT2D eigenvalue weighted by Crippen LogP contribution is 2.35. The third-order valence-electron chi connectivity index (χ3n) is 5.44. The Kier molecular flexibility index (Phi) is 8.02. The lowest BCUT2D eigenvalue weighted by Crippen LogP contribution is -2.26. The number of ether oxygens (including phenoxy) is 2. The van der Waals surface area contributed by atoms with Gasteiger partial charge in [-0.1, -0.05) is 36.4 Å². The lowest BCUT2D eigenvalue weighted by Gasteiger charge is -2.19. The third kappa shape index (κ3) is 5.98. The van der Waals surface area contributed by atoms with E-state index in [1.807, 2.05) is 13.0 Å². The molecule has 1 aromatic heterocycles. The van der Waals surface area contributed by atoms with Gasteiger partial charge in [0.05, 0.1) is 28.2 Å². The van der Waals surface area contributed by atoms with E-state index in [9.17, 15) is 19.7 Å². The van der Waals surface area contributed by atoms with Crippen molar-refractivity contribution in [1.29, 1.82) is 0 Å². The number of nitro benzene ring substituents is 1. The van der Waals surface area contributed by atoms with Crippen LogP contribution >= 0.6 is 11.8 Å². The maximum Gasteiger partial charge on any atom is 0.339 e. The van der Waals surface area contributed by atoms with E-state index >= 15 is 0 Å². The van der Waals surface area contributed by atoms with Crippen LogP contribution in [0.4, 0.5) is 11.4 Å². The standard InChI is InChI=1S/C26H23N5O6S/c1-16-9-11-21(36-3)19(13-16)28-24(32)23(17-7-5-4-6-8-17)37-25(33)18-10-12-22(20(14-18)31(34)35)38-26-29-27-15-30(26)2/h4-15,23H,1-3H3,(H,28,32). The number of esters is 1. The molecule has 194 valence electrons. The first-order valence-electron chi connectivity index (χ1n) is 11.3. The van der Waals surface area contributed by atoms with E-state index in [-0.39, 0.29) is 16.1 Å². The third-order valence-corrected chi connectivity index (χ3v) is 6.56. The second-order valence-electron chi connectivity index (χ2n) is 8.16. The van der Waals surface area contributed by atoms with Gasteiger partial charge >= 0.3 is 5.97 Å². The second-order valence-corrected chi connectivity index (χ2v) is 9.16. The lowest BCUT2D eigenvalue weighted by atomic mass is 10.1. The molecule has 1 heterocycles. The zero-order valence-corrected chi connectivity index (χ0v) is 21.5. The van der Waals surface area contributed by atoms with Gasteiger partial charge in [0.25, 0.3) is 11.6 Å². The number of benzene rings is 3. The molecule has 38 heavy (non-hydrogen) atoms. The number of amides is 1. The minimum Gasteiger partial charge on any atom is -0.495 e. The fourth-order valence-corrected chi connectivity index (χ4v) is 4.38. The van der Waals surface area contributed by atoms with Crippen LogP contribution in [-0.2, 0) is 16.6 Å². The fraction of sp³-hybridized carbons (Fsp3) is 0.154. The molecule has 4 aromatic rings. The van der Waals surface area contributed by atoms with Gasteiger partial charge in [0, 0.05) is 18.7 Å². The molecule has 0 aliphatic heterocycles. The van der Waals surface area contributed by atoms with Crippen molar-refractivity contribution < 1.29 is 24.0 Å². The van der Waals surface area contributed by atoms with Crippen LogP contribution in [-0.4, -0.2) is 38.7 Å². The number of carbonyl (C=O) groups excluding carboxylic acids is 2. The summed E-state index contributed by atoms with van der Waals surface area (Å²) >= 11 is 1.04. The van der Waals surface area contributed by atoms with Crippen LogP contribution in [0, 0.1) is 17.0 Å². The average molecular weight is 534 g/mol. The van der Waals surface area contributed by atoms with Gasteiger partial charge in [-0.05, 0) is 48.5 Å². The molecule has 0 aliphatic rings. The fourth-order valence-electron chi connectivity index (χ4n) is 3.53. The molecule has 3 aromatic carbocycles. The summed E-state index contributed by atoms with van der Waals surface area (Å²) in [4.78, 5) is 37.9. The van der Waals surface area contributed by atoms with Crippen molar-refractivity contribution in [3.05, 3.63) is 99.9 Å². The molecule has 4 rings (SSSR count). The molecule has 0 saturated carbocycles. The molecule has 0 saturated heterocycles. The predicted octanol–water partition coefficient (Wildman–Crippen LogP) is 4.73. The summed E-state index contributed by atoms with van der Waals surface area (Å²) in [6, 6.07) is 17.7. The van der Waals surface area contributed by atoms with Gasteiger partial charge < -0.3 is 19.4 Å². The summed E-state index contributed by atoms with van der Waals surface area (Å²) in [5, 5.41) is 22.7. The van der Waals surface area contributed by atoms with E-state index in [1.165, 1.54) is 25.6 Å². The molecule has 1 unspecified atom stereocenters. The molecule has 0 aliphatic carbocycles. The summed E-state index contributed by atoms with van der Waals surface area (Å²) in [6.07, 6.45) is 0.141. The molecule has 0 bridgehead atoms. The number of anilines is 1. The largest absolute Gasteiger partial charge is 0.495 e. The van der Waals surface area contributed by atoms with Gasteiger partial charge in [-0.2, -0.15) is 0 Å². The van der Waals surface area contributed by atoms with Crippen molar-refractivity contribution >= 4 is 35.0 Å². The Morgan fingerprint density at radius 3 is 2.53 bits per heavy atom. The Morgan fingerprint density at radius 2 is 1.87 bits per heavy atom. The number of nitrogens with one attached hydrogen (secondary N) is 1. The summed E-state index contributed by atoms with van der Waals surface area (Å²) in [6.45, 7) is 1.86. The maximum absolute atomic E-state index is 13.3. The summed E-state index contributed by atoms with van der Waals surface area (Å²) in [5.41, 5.74) is 1.34. The molecular weight excluding hydrogens is 510 g/mol. The molecule has 0 spiro atoms. The second kappa shape index (κ2) is 11.6. The van der Waals surface area contributed by atoms with Crippen LogP contribution in [0.2, 0.25) is 0 Å². The summed E-state index contributed by atoms with van der Waals surface area (Å²) in [5.74, 6) is -1.07. The predicted molar refractivity (Wildman–Crippen MR) is 139 cm³/mol. The van der Waals surface area contributed by atoms with Gasteiger partial charge in [0.2, 0.25) is 6.10 Å². The monoisotopic (exact) mass is 533 g/mol. The summed E-state index contributed by atoms with van der Waals surface area (Å²) < 4.78 is 12.6. The van der Waals surface area contributed by atoms with E-state index < -0.39 is 22.9 Å². The SMILES string of the molecule is COc1ccc(C)cc1NC(=O)C(OC(=O)c1ccc(Sc2nncn2C)c([N+](=O)[O-])c1)c1ccccc1. The molecule has 12 heteroatoms. The first-order chi connectivity index (χ1) is 18.3. The van der Waals surface area contributed by atoms with Gasteiger partial charge in [-0.3, -0.25) is 14.9 Å². The summed E-state index contributed by atoms with van der Waals surface area (Å²) in [7, 11) is 3.19. The van der Waals surface area contributed by atoms with Crippen molar-refractivity contribution in [1.82, 2.24) is 14.8 Å². The maximum atomic E-state index is 13.3. The Morgan fingerprint density at radius 1 is 1.11 bits per heavy atom. The Bertz CT molecular complexity index is 1490. The van der Waals surface area contributed by atoms with Gasteiger partial charge in [-0.15, -0.1) is 10.2 Å². The first kappa shape index (κ1) is 26.4. The normalized spacial score (nSPS) is 11.4. The minimum atomic E-state index is -1.33. The number of nitrogens with zero attached hydrogens (tertiary/aromatic N) is 4. The van der Waals surface area contributed by atoms with Gasteiger partial charge in [0.15, 0.2) is 5.16 Å². The van der Waals surface area contributed by atoms with Crippen LogP contribution < -0.4 is 10.1 Å². The number of hydrogen-bond donors (Lipinski definition) is 1. The first-order valence-corrected chi connectivity index (χ1v) is 12.1. The van der Waals surface area contributed by atoms with Gasteiger partial charge in [0.1, 0.15) is 12.1 Å². The van der Waals surface area contributed by atoms with E-state index in [0.29, 0.717) is 22.2 Å². The average Bonchev–Trinajstić information content (AvgIpc) is 3.31. The number of nitro groups is 1. The Balaban J connectivity index is 1.62. The van der Waals surface area contributed by atoms with Crippen LogP contribution in [0.15, 0.2) is 83.1 Å². The Labute approximate surface area is 221 Å². The van der Waals surface area contributed by atoms with Crippen LogP contribution in [0.3, 0.4) is 0 Å². The quantitative estimate of drug-likeness (QED) is 0.184. The van der Waals surface area contributed by atoms with Crippen LogP contribution in [0.5, 0.6) is 5.75 Å². The highest BCUT2D eigenvalue weighted by molar-refractivity contribution is 7.99. The van der Waals surface area contributed by atoms with E-state index in [0.717, 1.165) is 23.4 Å². The number of rotatable bonds is 9. The van der Waals surface area contributed by atoms with E-state index in [4.69, 9.17) is 9.47 Å². The Hall–Kier alpha value is -4.71. The smallest absolute Gasteiger partial charge is 0.339 e. The highest BCUT2D eigenvalue weighted by atomic mass is 32.2. The van der Waals surface area contributed by atoms with Gasteiger partial charge in [-0.25, -0.2) is 4.79 Å². The van der Waals surface area contributed by atoms with Crippen molar-refractivity contribution in [3.8, 4) is 5.75 Å². The molecule has 11 nitrogen and oxygen atoms in total. The minimum absolute atomic E-state index is 0.0825. The van der Waals surface area contributed by atoms with Crippen molar-refractivity contribution in [3.63, 3.8) is 0 Å². The highest BCUT2D eigenvalue weighted by Gasteiger charge is 2.28.